The number of aliphatic imine (C=N–C) groups is 1. The first-order valence-corrected chi connectivity index (χ1v) is 9.09. The maximum Gasteiger partial charge on any atom is 0.252 e. The maximum absolute atomic E-state index is 12.0. The van der Waals surface area contributed by atoms with E-state index >= 15 is 0 Å². The normalized spacial score (nSPS) is 10.9. The number of hydrogen-bond acceptors (Lipinski definition) is 5. The summed E-state index contributed by atoms with van der Waals surface area (Å²) in [5.74, 6) is 1.97. The van der Waals surface area contributed by atoms with Crippen LogP contribution in [0.15, 0.2) is 47.7 Å². The first-order chi connectivity index (χ1) is 13.7. The SMILES string of the molecule is CCNC(=NCc1ccc(OC)cc1OC)NCCNC(=O)c1cccnc1. The third kappa shape index (κ3) is 6.46. The van der Waals surface area contributed by atoms with E-state index in [1.165, 1.54) is 6.20 Å². The van der Waals surface area contributed by atoms with Gasteiger partial charge in [0.15, 0.2) is 5.96 Å². The molecule has 0 atom stereocenters. The van der Waals surface area contributed by atoms with Crippen LogP contribution in [0.1, 0.15) is 22.8 Å². The minimum absolute atomic E-state index is 0.153. The lowest BCUT2D eigenvalue weighted by atomic mass is 10.2. The highest BCUT2D eigenvalue weighted by Crippen LogP contribution is 2.25. The Bertz CT molecular complexity index is 781. The lowest BCUT2D eigenvalue weighted by molar-refractivity contribution is 0.0954. The van der Waals surface area contributed by atoms with Crippen molar-refractivity contribution in [3.8, 4) is 11.5 Å². The van der Waals surface area contributed by atoms with Gasteiger partial charge in [-0.15, -0.1) is 0 Å². The van der Waals surface area contributed by atoms with Gasteiger partial charge in [0.1, 0.15) is 11.5 Å². The average Bonchev–Trinajstić information content (AvgIpc) is 2.75. The average molecular weight is 385 g/mol. The molecule has 1 amide bonds. The van der Waals surface area contributed by atoms with E-state index in [0.29, 0.717) is 31.2 Å². The van der Waals surface area contributed by atoms with Gasteiger partial charge in [0.25, 0.3) is 5.91 Å². The summed E-state index contributed by atoms with van der Waals surface area (Å²) < 4.78 is 10.6. The van der Waals surface area contributed by atoms with E-state index in [2.05, 4.69) is 25.9 Å². The number of methoxy groups -OCH3 is 2. The molecule has 1 aromatic carbocycles. The van der Waals surface area contributed by atoms with E-state index in [1.54, 1.807) is 32.5 Å². The molecule has 1 heterocycles. The molecule has 2 rings (SSSR count). The van der Waals surface area contributed by atoms with E-state index in [4.69, 9.17) is 9.47 Å². The summed E-state index contributed by atoms with van der Waals surface area (Å²) in [5, 5.41) is 9.23. The van der Waals surface area contributed by atoms with Crippen molar-refractivity contribution in [3.63, 3.8) is 0 Å². The molecule has 0 unspecified atom stereocenters. The molecule has 0 bridgehead atoms. The Morgan fingerprint density at radius 1 is 1.11 bits per heavy atom. The minimum Gasteiger partial charge on any atom is -0.497 e. The molecule has 3 N–H and O–H groups in total. The summed E-state index contributed by atoms with van der Waals surface area (Å²) in [6.07, 6.45) is 3.17. The van der Waals surface area contributed by atoms with E-state index in [0.717, 1.165) is 23.6 Å². The van der Waals surface area contributed by atoms with E-state index in [1.807, 2.05) is 25.1 Å². The number of nitrogens with zero attached hydrogens (tertiary/aromatic N) is 2. The Hall–Kier alpha value is -3.29. The van der Waals surface area contributed by atoms with Crippen molar-refractivity contribution in [1.29, 1.82) is 0 Å². The number of amides is 1. The van der Waals surface area contributed by atoms with Crippen molar-refractivity contribution in [2.75, 3.05) is 33.9 Å². The van der Waals surface area contributed by atoms with Crippen LogP contribution in [0, 0.1) is 0 Å². The second-order valence-electron chi connectivity index (χ2n) is 5.80. The lowest BCUT2D eigenvalue weighted by Gasteiger charge is -2.13. The van der Waals surface area contributed by atoms with Crippen molar-refractivity contribution in [3.05, 3.63) is 53.9 Å². The smallest absolute Gasteiger partial charge is 0.252 e. The summed E-state index contributed by atoms with van der Waals surface area (Å²) in [4.78, 5) is 20.5. The highest BCUT2D eigenvalue weighted by Gasteiger charge is 2.06. The third-order valence-corrected chi connectivity index (χ3v) is 3.87. The van der Waals surface area contributed by atoms with Crippen molar-refractivity contribution < 1.29 is 14.3 Å². The predicted molar refractivity (Wildman–Crippen MR) is 109 cm³/mol. The van der Waals surface area contributed by atoms with Crippen LogP contribution in [0.3, 0.4) is 0 Å². The molecule has 0 fully saturated rings. The van der Waals surface area contributed by atoms with Crippen molar-refractivity contribution in [2.24, 2.45) is 4.99 Å². The highest BCUT2D eigenvalue weighted by molar-refractivity contribution is 5.93. The Morgan fingerprint density at radius 3 is 2.61 bits per heavy atom. The number of benzene rings is 1. The van der Waals surface area contributed by atoms with Gasteiger partial charge in [0.2, 0.25) is 0 Å². The molecule has 0 spiro atoms. The second kappa shape index (κ2) is 11.4. The molecule has 0 saturated heterocycles. The van der Waals surface area contributed by atoms with Gasteiger partial charge in [-0.25, -0.2) is 4.99 Å². The van der Waals surface area contributed by atoms with Crippen LogP contribution in [0.2, 0.25) is 0 Å². The van der Waals surface area contributed by atoms with E-state index in [9.17, 15) is 4.79 Å². The zero-order valence-electron chi connectivity index (χ0n) is 16.5. The van der Waals surface area contributed by atoms with Crippen LogP contribution >= 0.6 is 0 Å². The van der Waals surface area contributed by atoms with Crippen LogP contribution in [-0.2, 0) is 6.54 Å². The number of carbonyl (C=O) groups is 1. The number of pyridine rings is 1. The topological polar surface area (TPSA) is 96.9 Å². The fourth-order valence-corrected chi connectivity index (χ4v) is 2.44. The molecule has 0 aliphatic carbocycles. The maximum atomic E-state index is 12.0. The molecule has 0 aliphatic rings. The molecule has 8 nitrogen and oxygen atoms in total. The number of carbonyl (C=O) groups excluding carboxylic acids is 1. The zero-order valence-corrected chi connectivity index (χ0v) is 16.5. The third-order valence-electron chi connectivity index (χ3n) is 3.87. The minimum atomic E-state index is -0.153. The van der Waals surface area contributed by atoms with Crippen LogP contribution in [0.5, 0.6) is 11.5 Å². The number of aromatic nitrogens is 1. The summed E-state index contributed by atoms with van der Waals surface area (Å²) in [6, 6.07) is 9.10. The quantitative estimate of drug-likeness (QED) is 0.345. The van der Waals surface area contributed by atoms with Gasteiger partial charge in [-0.2, -0.15) is 0 Å². The molecule has 1 aromatic heterocycles. The standard InChI is InChI=1S/C20H27N5O3/c1-4-22-20(24-11-10-23-19(26)16-6-5-9-21-13-16)25-14-15-7-8-17(27-2)12-18(15)28-3/h5-9,12-13H,4,10-11,14H2,1-3H3,(H,23,26)(H2,22,24,25). The summed E-state index contributed by atoms with van der Waals surface area (Å²) in [6.45, 7) is 4.18. The fraction of sp³-hybridized carbons (Fsp3) is 0.350. The molecule has 28 heavy (non-hydrogen) atoms. The summed E-state index contributed by atoms with van der Waals surface area (Å²) in [7, 11) is 3.24. The molecular formula is C20H27N5O3. The molecule has 0 radical (unpaired) electrons. The highest BCUT2D eigenvalue weighted by atomic mass is 16.5. The predicted octanol–water partition coefficient (Wildman–Crippen LogP) is 1.58. The van der Waals surface area contributed by atoms with E-state index < -0.39 is 0 Å². The van der Waals surface area contributed by atoms with Gasteiger partial charge >= 0.3 is 0 Å². The first kappa shape index (κ1) is 21.0. The van der Waals surface area contributed by atoms with Gasteiger partial charge < -0.3 is 25.4 Å². The molecule has 2 aromatic rings. The Labute approximate surface area is 165 Å². The van der Waals surface area contributed by atoms with Crippen molar-refractivity contribution >= 4 is 11.9 Å². The number of nitrogens with one attached hydrogen (secondary N) is 3. The zero-order chi connectivity index (χ0) is 20.2. The van der Waals surface area contributed by atoms with Crippen LogP contribution in [0.4, 0.5) is 0 Å². The Morgan fingerprint density at radius 2 is 1.93 bits per heavy atom. The summed E-state index contributed by atoms with van der Waals surface area (Å²) in [5.41, 5.74) is 1.49. The van der Waals surface area contributed by atoms with Gasteiger partial charge in [-0.1, -0.05) is 0 Å². The first-order valence-electron chi connectivity index (χ1n) is 9.09. The molecule has 0 saturated carbocycles. The van der Waals surface area contributed by atoms with Gasteiger partial charge in [-0.05, 0) is 31.2 Å². The molecular weight excluding hydrogens is 358 g/mol. The van der Waals surface area contributed by atoms with Crippen molar-refractivity contribution in [1.82, 2.24) is 20.9 Å². The monoisotopic (exact) mass is 385 g/mol. The number of rotatable bonds is 9. The van der Waals surface area contributed by atoms with Crippen molar-refractivity contribution in [2.45, 2.75) is 13.5 Å². The molecule has 0 aliphatic heterocycles. The number of hydrogen-bond donors (Lipinski definition) is 3. The molecule has 8 heteroatoms. The van der Waals surface area contributed by atoms with Crippen LogP contribution in [0.25, 0.3) is 0 Å². The lowest BCUT2D eigenvalue weighted by Crippen LogP contribution is -2.41. The van der Waals surface area contributed by atoms with Gasteiger partial charge in [0, 0.05) is 43.7 Å². The van der Waals surface area contributed by atoms with Gasteiger partial charge in [0.05, 0.1) is 26.3 Å². The second-order valence-corrected chi connectivity index (χ2v) is 5.80. The van der Waals surface area contributed by atoms with Crippen LogP contribution < -0.4 is 25.4 Å². The van der Waals surface area contributed by atoms with Crippen LogP contribution in [-0.4, -0.2) is 50.7 Å². The van der Waals surface area contributed by atoms with E-state index in [-0.39, 0.29) is 5.91 Å². The summed E-state index contributed by atoms with van der Waals surface area (Å²) >= 11 is 0. The number of ether oxygens (including phenoxy) is 2. The largest absolute Gasteiger partial charge is 0.497 e. The fourth-order valence-electron chi connectivity index (χ4n) is 2.44. The van der Waals surface area contributed by atoms with Gasteiger partial charge in [-0.3, -0.25) is 9.78 Å². The number of guanidine groups is 1. The molecule has 150 valence electrons. The Balaban J connectivity index is 1.87. The Kier molecular flexibility index (Phi) is 8.58.